The first-order valence-electron chi connectivity index (χ1n) is 6.61. The lowest BCUT2D eigenvalue weighted by molar-refractivity contribution is -0.325. The van der Waals surface area contributed by atoms with E-state index < -0.39 is 25.1 Å². The molecule has 0 aromatic carbocycles. The third-order valence-electron chi connectivity index (χ3n) is 3.14. The Hall–Kier alpha value is -1.31. The quantitative estimate of drug-likeness (QED) is 0.806. The van der Waals surface area contributed by atoms with Crippen LogP contribution >= 0.6 is 0 Å². The van der Waals surface area contributed by atoms with Gasteiger partial charge in [-0.15, -0.1) is 13.2 Å². The molecule has 1 N–H and O–H groups in total. The molecule has 1 aliphatic rings. The van der Waals surface area contributed by atoms with E-state index in [0.29, 0.717) is 19.3 Å². The van der Waals surface area contributed by atoms with E-state index in [1.807, 2.05) is 6.92 Å². The summed E-state index contributed by atoms with van der Waals surface area (Å²) in [4.78, 5) is 25.2. The fourth-order valence-electron chi connectivity index (χ4n) is 2.24. The average molecular weight is 296 g/mol. The van der Waals surface area contributed by atoms with Crippen molar-refractivity contribution in [2.24, 2.45) is 0 Å². The van der Waals surface area contributed by atoms with Crippen LogP contribution in [0.2, 0.25) is 0 Å². The van der Waals surface area contributed by atoms with Crippen molar-refractivity contribution < 1.29 is 27.5 Å². The lowest BCUT2D eigenvalue weighted by Crippen LogP contribution is -2.63. The van der Waals surface area contributed by atoms with Crippen molar-refractivity contribution in [3.8, 4) is 0 Å². The molecule has 1 fully saturated rings. The molecule has 0 saturated carbocycles. The highest BCUT2D eigenvalue weighted by Crippen LogP contribution is 2.18. The molecule has 0 aromatic rings. The van der Waals surface area contributed by atoms with Crippen LogP contribution < -0.4 is 5.32 Å². The summed E-state index contributed by atoms with van der Waals surface area (Å²) >= 11 is 0. The smallest absolute Gasteiger partial charge is 0.343 e. The number of carbonyl (C=O) groups excluding carboxylic acids is 2. The van der Waals surface area contributed by atoms with Gasteiger partial charge in [-0.2, -0.15) is 0 Å². The lowest BCUT2D eigenvalue weighted by Gasteiger charge is -2.38. The van der Waals surface area contributed by atoms with Gasteiger partial charge < -0.3 is 10.2 Å². The molecule has 0 spiro atoms. The molecule has 2 unspecified atom stereocenters. The van der Waals surface area contributed by atoms with Crippen LogP contribution in [0.15, 0.2) is 0 Å². The van der Waals surface area contributed by atoms with Crippen LogP contribution in [0.25, 0.3) is 0 Å². The van der Waals surface area contributed by atoms with Gasteiger partial charge in [-0.3, -0.25) is 14.3 Å². The van der Waals surface area contributed by atoms with Gasteiger partial charge in [0.15, 0.2) is 0 Å². The Morgan fingerprint density at radius 3 is 2.45 bits per heavy atom. The SMILES string of the molecule is CCCC1NC(=O)C(CC)N(CCOC(F)(F)F)C1=O. The number of halogens is 3. The zero-order valence-corrected chi connectivity index (χ0v) is 11.5. The normalized spacial score (nSPS) is 23.9. The zero-order valence-electron chi connectivity index (χ0n) is 11.5. The van der Waals surface area contributed by atoms with Gasteiger partial charge in [-0.25, -0.2) is 0 Å². The third-order valence-corrected chi connectivity index (χ3v) is 3.14. The number of amides is 2. The van der Waals surface area contributed by atoms with Gasteiger partial charge in [0.05, 0.1) is 6.61 Å². The van der Waals surface area contributed by atoms with E-state index in [-0.39, 0.29) is 18.4 Å². The monoisotopic (exact) mass is 296 g/mol. The molecule has 1 heterocycles. The van der Waals surface area contributed by atoms with Crippen molar-refractivity contribution >= 4 is 11.8 Å². The maximum Gasteiger partial charge on any atom is 0.522 e. The first kappa shape index (κ1) is 16.7. The van der Waals surface area contributed by atoms with Gasteiger partial charge in [-0.1, -0.05) is 20.3 Å². The van der Waals surface area contributed by atoms with E-state index in [1.165, 1.54) is 4.90 Å². The topological polar surface area (TPSA) is 58.6 Å². The second-order valence-electron chi connectivity index (χ2n) is 4.60. The van der Waals surface area contributed by atoms with Crippen molar-refractivity contribution in [2.45, 2.75) is 51.6 Å². The first-order valence-corrected chi connectivity index (χ1v) is 6.61. The van der Waals surface area contributed by atoms with E-state index in [9.17, 15) is 22.8 Å². The summed E-state index contributed by atoms with van der Waals surface area (Å²) in [5.74, 6) is -0.665. The number of hydrogen-bond acceptors (Lipinski definition) is 3. The summed E-state index contributed by atoms with van der Waals surface area (Å²) in [6.45, 7) is 2.65. The molecule has 116 valence electrons. The molecule has 8 heteroatoms. The average Bonchev–Trinajstić information content (AvgIpc) is 2.34. The minimum atomic E-state index is -4.73. The number of nitrogens with zero attached hydrogens (tertiary/aromatic N) is 1. The van der Waals surface area contributed by atoms with E-state index in [4.69, 9.17) is 0 Å². The van der Waals surface area contributed by atoms with Gasteiger partial charge >= 0.3 is 6.36 Å². The Bertz CT molecular complexity index is 360. The zero-order chi connectivity index (χ0) is 15.3. The van der Waals surface area contributed by atoms with Crippen LogP contribution in [0, 0.1) is 0 Å². The molecule has 0 aromatic heterocycles. The highest BCUT2D eigenvalue weighted by Gasteiger charge is 2.39. The second-order valence-corrected chi connectivity index (χ2v) is 4.60. The van der Waals surface area contributed by atoms with Gasteiger partial charge in [0.2, 0.25) is 11.8 Å². The Balaban J connectivity index is 2.70. The summed E-state index contributed by atoms with van der Waals surface area (Å²) in [6.07, 6.45) is -3.22. The van der Waals surface area contributed by atoms with Crippen LogP contribution in [0.3, 0.4) is 0 Å². The third kappa shape index (κ3) is 4.36. The first-order chi connectivity index (χ1) is 9.30. The van der Waals surface area contributed by atoms with Gasteiger partial charge in [0, 0.05) is 6.54 Å². The largest absolute Gasteiger partial charge is 0.522 e. The second kappa shape index (κ2) is 6.92. The molecular formula is C12H19F3N2O3. The van der Waals surface area contributed by atoms with Crippen molar-refractivity contribution in [1.82, 2.24) is 10.2 Å². The molecule has 2 amide bonds. The number of alkyl halides is 3. The molecule has 1 rings (SSSR count). The van der Waals surface area contributed by atoms with Gasteiger partial charge in [-0.05, 0) is 12.8 Å². The highest BCUT2D eigenvalue weighted by molar-refractivity contribution is 5.96. The molecule has 0 bridgehead atoms. The summed E-state index contributed by atoms with van der Waals surface area (Å²) < 4.78 is 39.5. The number of piperazine rings is 1. The summed E-state index contributed by atoms with van der Waals surface area (Å²) in [5, 5.41) is 2.61. The fourth-order valence-corrected chi connectivity index (χ4v) is 2.24. The van der Waals surface area contributed by atoms with E-state index in [0.717, 1.165) is 0 Å². The number of ether oxygens (including phenoxy) is 1. The van der Waals surface area contributed by atoms with Crippen LogP contribution in [0.4, 0.5) is 13.2 Å². The molecule has 1 saturated heterocycles. The van der Waals surface area contributed by atoms with Crippen molar-refractivity contribution in [3.05, 3.63) is 0 Å². The number of nitrogens with one attached hydrogen (secondary N) is 1. The van der Waals surface area contributed by atoms with E-state index in [1.54, 1.807) is 6.92 Å². The molecule has 0 radical (unpaired) electrons. The predicted molar refractivity (Wildman–Crippen MR) is 64.6 cm³/mol. The molecule has 0 aliphatic carbocycles. The van der Waals surface area contributed by atoms with E-state index in [2.05, 4.69) is 10.1 Å². The number of rotatable bonds is 6. The maximum atomic E-state index is 12.2. The fraction of sp³-hybridized carbons (Fsp3) is 0.833. The van der Waals surface area contributed by atoms with Crippen LogP contribution in [-0.4, -0.2) is 48.3 Å². The minimum Gasteiger partial charge on any atom is -0.343 e. The standard InChI is InChI=1S/C12H19F3N2O3/c1-3-5-8-11(19)17(6-7-20-12(13,14)15)9(4-2)10(18)16-8/h8-9H,3-7H2,1-2H3,(H,16,18). The summed E-state index contributed by atoms with van der Waals surface area (Å²) in [7, 11) is 0. The summed E-state index contributed by atoms with van der Waals surface area (Å²) in [5.41, 5.74) is 0. The summed E-state index contributed by atoms with van der Waals surface area (Å²) in [6, 6.07) is -1.38. The lowest BCUT2D eigenvalue weighted by atomic mass is 10.0. The Morgan fingerprint density at radius 1 is 1.30 bits per heavy atom. The van der Waals surface area contributed by atoms with Crippen molar-refractivity contribution in [1.29, 1.82) is 0 Å². The van der Waals surface area contributed by atoms with E-state index >= 15 is 0 Å². The number of hydrogen-bond donors (Lipinski definition) is 1. The minimum absolute atomic E-state index is 0.246. The Kier molecular flexibility index (Phi) is 5.79. The van der Waals surface area contributed by atoms with Crippen molar-refractivity contribution in [2.75, 3.05) is 13.2 Å². The Morgan fingerprint density at radius 2 is 1.95 bits per heavy atom. The van der Waals surface area contributed by atoms with Crippen LogP contribution in [0.5, 0.6) is 0 Å². The maximum absolute atomic E-state index is 12.2. The number of carbonyl (C=O) groups is 2. The molecular weight excluding hydrogens is 277 g/mol. The molecule has 20 heavy (non-hydrogen) atoms. The van der Waals surface area contributed by atoms with Crippen LogP contribution in [-0.2, 0) is 14.3 Å². The molecule has 5 nitrogen and oxygen atoms in total. The Labute approximate surface area is 115 Å². The van der Waals surface area contributed by atoms with Crippen molar-refractivity contribution in [3.63, 3.8) is 0 Å². The van der Waals surface area contributed by atoms with Crippen LogP contribution in [0.1, 0.15) is 33.1 Å². The predicted octanol–water partition coefficient (Wildman–Crippen LogP) is 1.43. The van der Waals surface area contributed by atoms with Gasteiger partial charge in [0.1, 0.15) is 12.1 Å². The highest BCUT2D eigenvalue weighted by atomic mass is 19.4. The van der Waals surface area contributed by atoms with Gasteiger partial charge in [0.25, 0.3) is 0 Å². The molecule has 1 aliphatic heterocycles. The molecule has 2 atom stereocenters.